The van der Waals surface area contributed by atoms with Crippen LogP contribution in [0.4, 0.5) is 0 Å². The Kier molecular flexibility index (Phi) is 3.51. The van der Waals surface area contributed by atoms with Gasteiger partial charge >= 0.3 is 0 Å². The number of rotatable bonds is 4. The molecule has 0 bridgehead atoms. The highest BCUT2D eigenvalue weighted by Gasteiger charge is 2.16. The highest BCUT2D eigenvalue weighted by Crippen LogP contribution is 2.20. The van der Waals surface area contributed by atoms with Crippen LogP contribution in [0.2, 0.25) is 0 Å². The number of hydrogen-bond donors (Lipinski definition) is 2. The van der Waals surface area contributed by atoms with Gasteiger partial charge in [0.2, 0.25) is 0 Å². The number of para-hydroxylation sites is 1. The summed E-state index contributed by atoms with van der Waals surface area (Å²) in [6, 6.07) is 8.15. The van der Waals surface area contributed by atoms with Crippen LogP contribution in [0.15, 0.2) is 34.9 Å². The molecule has 0 unspecified atom stereocenters. The molecule has 100 valence electrons. The van der Waals surface area contributed by atoms with Gasteiger partial charge < -0.3 is 15.1 Å². The Bertz CT molecular complexity index is 570. The van der Waals surface area contributed by atoms with Crippen molar-refractivity contribution in [3.8, 4) is 0 Å². The molecule has 3 rings (SSSR count). The maximum atomic E-state index is 12.1. The van der Waals surface area contributed by atoms with Gasteiger partial charge in [0.1, 0.15) is 11.8 Å². The third-order valence-corrected chi connectivity index (χ3v) is 3.67. The minimum absolute atomic E-state index is 0.0528. The van der Waals surface area contributed by atoms with Crippen LogP contribution in [0.5, 0.6) is 0 Å². The fraction of sp³-hybridized carbons (Fsp3) is 0.400. The van der Waals surface area contributed by atoms with E-state index in [1.165, 1.54) is 19.1 Å². The van der Waals surface area contributed by atoms with Gasteiger partial charge in [-0.25, -0.2) is 0 Å². The Morgan fingerprint density at radius 3 is 3.16 bits per heavy atom. The molecule has 1 aromatic carbocycles. The second-order valence-electron chi connectivity index (χ2n) is 4.98. The lowest BCUT2D eigenvalue weighted by atomic mass is 10.1. The standard InChI is InChI=1S/C15H18N2O2/c18-15(17-9-7-11-4-3-8-16-11)13-10-19-14-6-2-1-5-12(13)14/h1-2,5-6,10-11,16H,3-4,7-9H2,(H,17,18)/t11-/m0/s1. The van der Waals surface area contributed by atoms with Crippen LogP contribution in [0.1, 0.15) is 29.6 Å². The summed E-state index contributed by atoms with van der Waals surface area (Å²) in [7, 11) is 0. The van der Waals surface area contributed by atoms with E-state index in [9.17, 15) is 4.79 Å². The minimum atomic E-state index is -0.0528. The molecule has 2 N–H and O–H groups in total. The summed E-state index contributed by atoms with van der Waals surface area (Å²) in [4.78, 5) is 12.1. The number of fused-ring (bicyclic) bond motifs is 1. The first-order chi connectivity index (χ1) is 9.34. The van der Waals surface area contributed by atoms with Gasteiger partial charge in [0, 0.05) is 18.0 Å². The van der Waals surface area contributed by atoms with E-state index in [2.05, 4.69) is 10.6 Å². The Balaban J connectivity index is 1.60. The number of furan rings is 1. The van der Waals surface area contributed by atoms with Gasteiger partial charge in [0.25, 0.3) is 5.91 Å². The van der Waals surface area contributed by atoms with Crippen LogP contribution in [0.3, 0.4) is 0 Å². The predicted molar refractivity (Wildman–Crippen MR) is 74.2 cm³/mol. The monoisotopic (exact) mass is 258 g/mol. The molecular weight excluding hydrogens is 240 g/mol. The SMILES string of the molecule is O=C(NCC[C@@H]1CCCN1)c1coc2ccccc12. The molecular formula is C15H18N2O2. The van der Waals surface area contributed by atoms with E-state index in [0.29, 0.717) is 18.2 Å². The van der Waals surface area contributed by atoms with Crippen molar-refractivity contribution in [1.29, 1.82) is 0 Å². The van der Waals surface area contributed by atoms with Crippen molar-refractivity contribution in [2.45, 2.75) is 25.3 Å². The molecule has 1 aromatic heterocycles. The van der Waals surface area contributed by atoms with Crippen molar-refractivity contribution in [2.24, 2.45) is 0 Å². The first kappa shape index (κ1) is 12.2. The van der Waals surface area contributed by atoms with E-state index in [-0.39, 0.29) is 5.91 Å². The van der Waals surface area contributed by atoms with Gasteiger partial charge in [-0.3, -0.25) is 4.79 Å². The molecule has 1 amide bonds. The Morgan fingerprint density at radius 1 is 1.42 bits per heavy atom. The third kappa shape index (κ3) is 2.63. The quantitative estimate of drug-likeness (QED) is 0.884. The molecule has 1 aliphatic heterocycles. The smallest absolute Gasteiger partial charge is 0.255 e. The van der Waals surface area contributed by atoms with E-state index in [1.807, 2.05) is 24.3 Å². The average molecular weight is 258 g/mol. The molecule has 4 nitrogen and oxygen atoms in total. The van der Waals surface area contributed by atoms with E-state index in [1.54, 1.807) is 0 Å². The molecule has 1 atom stereocenters. The summed E-state index contributed by atoms with van der Waals surface area (Å²) in [6.45, 7) is 1.81. The molecule has 2 heterocycles. The molecule has 0 radical (unpaired) electrons. The minimum Gasteiger partial charge on any atom is -0.463 e. The van der Waals surface area contributed by atoms with Gasteiger partial charge in [-0.1, -0.05) is 18.2 Å². The zero-order chi connectivity index (χ0) is 13.1. The lowest BCUT2D eigenvalue weighted by Gasteiger charge is -2.10. The predicted octanol–water partition coefficient (Wildman–Crippen LogP) is 2.30. The lowest BCUT2D eigenvalue weighted by molar-refractivity contribution is 0.0953. The van der Waals surface area contributed by atoms with E-state index < -0.39 is 0 Å². The zero-order valence-electron chi connectivity index (χ0n) is 10.8. The number of nitrogens with one attached hydrogen (secondary N) is 2. The van der Waals surface area contributed by atoms with Crippen LogP contribution in [0.25, 0.3) is 11.0 Å². The molecule has 19 heavy (non-hydrogen) atoms. The molecule has 2 aromatic rings. The third-order valence-electron chi connectivity index (χ3n) is 3.67. The summed E-state index contributed by atoms with van der Waals surface area (Å²) in [5, 5.41) is 7.26. The Morgan fingerprint density at radius 2 is 2.32 bits per heavy atom. The van der Waals surface area contributed by atoms with Crippen LogP contribution < -0.4 is 10.6 Å². The average Bonchev–Trinajstić information content (AvgIpc) is 3.07. The second-order valence-corrected chi connectivity index (χ2v) is 4.98. The fourth-order valence-electron chi connectivity index (χ4n) is 2.61. The van der Waals surface area contributed by atoms with Crippen molar-refractivity contribution in [1.82, 2.24) is 10.6 Å². The van der Waals surface area contributed by atoms with E-state index in [0.717, 1.165) is 23.9 Å². The van der Waals surface area contributed by atoms with Gasteiger partial charge in [-0.15, -0.1) is 0 Å². The van der Waals surface area contributed by atoms with Crippen LogP contribution >= 0.6 is 0 Å². The Labute approximate surface area is 112 Å². The number of benzene rings is 1. The second kappa shape index (κ2) is 5.45. The normalized spacial score (nSPS) is 18.8. The van der Waals surface area contributed by atoms with Crippen molar-refractivity contribution >= 4 is 16.9 Å². The summed E-state index contributed by atoms with van der Waals surface area (Å²) in [5.41, 5.74) is 1.38. The topological polar surface area (TPSA) is 54.3 Å². The first-order valence-corrected chi connectivity index (χ1v) is 6.82. The van der Waals surface area contributed by atoms with Crippen LogP contribution in [0, 0.1) is 0 Å². The highest BCUT2D eigenvalue weighted by atomic mass is 16.3. The zero-order valence-corrected chi connectivity index (χ0v) is 10.8. The van der Waals surface area contributed by atoms with Gasteiger partial charge in [-0.2, -0.15) is 0 Å². The van der Waals surface area contributed by atoms with E-state index >= 15 is 0 Å². The summed E-state index contributed by atoms with van der Waals surface area (Å²) >= 11 is 0. The van der Waals surface area contributed by atoms with Crippen LogP contribution in [-0.4, -0.2) is 25.0 Å². The maximum Gasteiger partial charge on any atom is 0.255 e. The Hall–Kier alpha value is -1.81. The molecule has 0 saturated carbocycles. The highest BCUT2D eigenvalue weighted by molar-refractivity contribution is 6.05. The summed E-state index contributed by atoms with van der Waals surface area (Å²) < 4.78 is 5.38. The van der Waals surface area contributed by atoms with Crippen LogP contribution in [-0.2, 0) is 0 Å². The summed E-state index contributed by atoms with van der Waals surface area (Å²) in [6.07, 6.45) is 4.98. The number of carbonyl (C=O) groups is 1. The van der Waals surface area contributed by atoms with Crippen molar-refractivity contribution in [2.75, 3.05) is 13.1 Å². The number of hydrogen-bond acceptors (Lipinski definition) is 3. The molecule has 1 aliphatic rings. The number of carbonyl (C=O) groups excluding carboxylic acids is 1. The fourth-order valence-corrected chi connectivity index (χ4v) is 2.61. The molecule has 0 aliphatic carbocycles. The summed E-state index contributed by atoms with van der Waals surface area (Å²) in [5.74, 6) is -0.0528. The van der Waals surface area contributed by atoms with E-state index in [4.69, 9.17) is 4.42 Å². The van der Waals surface area contributed by atoms with Gasteiger partial charge in [-0.05, 0) is 31.9 Å². The van der Waals surface area contributed by atoms with Gasteiger partial charge in [0.15, 0.2) is 0 Å². The van der Waals surface area contributed by atoms with Gasteiger partial charge in [0.05, 0.1) is 5.56 Å². The first-order valence-electron chi connectivity index (χ1n) is 6.82. The molecule has 0 spiro atoms. The van der Waals surface area contributed by atoms with Crippen molar-refractivity contribution in [3.05, 3.63) is 36.1 Å². The van der Waals surface area contributed by atoms with Crippen molar-refractivity contribution in [3.63, 3.8) is 0 Å². The van der Waals surface area contributed by atoms with Crippen molar-refractivity contribution < 1.29 is 9.21 Å². The largest absolute Gasteiger partial charge is 0.463 e. The maximum absolute atomic E-state index is 12.1. The molecule has 4 heteroatoms. The lowest BCUT2D eigenvalue weighted by Crippen LogP contribution is -2.30. The number of amides is 1. The molecule has 1 fully saturated rings. The molecule has 1 saturated heterocycles.